The minimum absolute atomic E-state index is 0.228. The number of nitrogens with one attached hydrogen (secondary N) is 1. The summed E-state index contributed by atoms with van der Waals surface area (Å²) in [5.41, 5.74) is 0.0810. The van der Waals surface area contributed by atoms with Gasteiger partial charge in [-0.3, -0.25) is 10.1 Å². The van der Waals surface area contributed by atoms with Crippen LogP contribution in [0.3, 0.4) is 0 Å². The van der Waals surface area contributed by atoms with Crippen molar-refractivity contribution < 1.29 is 9.31 Å². The number of rotatable bonds is 9. The zero-order valence-corrected chi connectivity index (χ0v) is 12.7. The van der Waals surface area contributed by atoms with Crippen LogP contribution in [0, 0.1) is 15.9 Å². The van der Waals surface area contributed by atoms with E-state index in [1.807, 2.05) is 0 Å². The molecule has 0 saturated carbocycles. The van der Waals surface area contributed by atoms with E-state index in [4.69, 9.17) is 0 Å². The molecular formula is C14H21FN2O2S. The summed E-state index contributed by atoms with van der Waals surface area (Å²) in [6.45, 7) is 4.34. The zero-order valence-electron chi connectivity index (χ0n) is 11.9. The fourth-order valence-corrected chi connectivity index (χ4v) is 2.64. The Labute approximate surface area is 123 Å². The molecule has 0 bridgehead atoms. The lowest BCUT2D eigenvalue weighted by Gasteiger charge is -2.12. The highest BCUT2D eigenvalue weighted by atomic mass is 32.2. The summed E-state index contributed by atoms with van der Waals surface area (Å²) in [7, 11) is 0. The lowest BCUT2D eigenvalue weighted by atomic mass is 10.2. The lowest BCUT2D eigenvalue weighted by molar-refractivity contribution is -0.385. The van der Waals surface area contributed by atoms with E-state index >= 15 is 0 Å². The zero-order chi connectivity index (χ0) is 15.0. The molecule has 4 nitrogen and oxygen atoms in total. The molecule has 1 aromatic carbocycles. The standard InChI is InChI=1S/C14H21FN2O2S/c1-3-4-5-6-11(2)20-10-16-14-8-7-12(17(18)19)9-13(14)15/h7-9,11,16H,3-6,10H2,1-2H3/t11-/m0/s1. The van der Waals surface area contributed by atoms with Crippen molar-refractivity contribution in [2.45, 2.75) is 44.8 Å². The minimum atomic E-state index is -0.600. The second-order valence-corrected chi connectivity index (χ2v) is 6.14. The van der Waals surface area contributed by atoms with Crippen LogP contribution in [0.1, 0.15) is 39.5 Å². The molecule has 0 aliphatic heterocycles. The average molecular weight is 300 g/mol. The highest BCUT2D eigenvalue weighted by Crippen LogP contribution is 2.22. The third kappa shape index (κ3) is 5.77. The molecule has 0 radical (unpaired) electrons. The van der Waals surface area contributed by atoms with Crippen molar-refractivity contribution in [2.24, 2.45) is 0 Å². The molecule has 1 atom stereocenters. The van der Waals surface area contributed by atoms with Gasteiger partial charge in [0.05, 0.1) is 22.6 Å². The molecular weight excluding hydrogens is 279 g/mol. The van der Waals surface area contributed by atoms with E-state index in [9.17, 15) is 14.5 Å². The van der Waals surface area contributed by atoms with E-state index < -0.39 is 10.7 Å². The van der Waals surface area contributed by atoms with Crippen molar-refractivity contribution >= 4 is 23.1 Å². The van der Waals surface area contributed by atoms with Gasteiger partial charge in [0.2, 0.25) is 0 Å². The first-order valence-corrected chi connectivity index (χ1v) is 7.89. The molecule has 0 spiro atoms. The first-order valence-electron chi connectivity index (χ1n) is 6.84. The van der Waals surface area contributed by atoms with Crippen LogP contribution in [-0.2, 0) is 0 Å². The second kappa shape index (κ2) is 8.79. The largest absolute Gasteiger partial charge is 0.374 e. The predicted octanol–water partition coefficient (Wildman–Crippen LogP) is 4.81. The smallest absolute Gasteiger partial charge is 0.272 e. The molecule has 1 rings (SSSR count). The van der Waals surface area contributed by atoms with Crippen LogP contribution in [0.5, 0.6) is 0 Å². The van der Waals surface area contributed by atoms with Gasteiger partial charge in [0, 0.05) is 11.3 Å². The summed E-state index contributed by atoms with van der Waals surface area (Å²) in [4.78, 5) is 9.91. The monoisotopic (exact) mass is 300 g/mol. The van der Waals surface area contributed by atoms with Crippen LogP contribution in [0.4, 0.5) is 15.8 Å². The van der Waals surface area contributed by atoms with Crippen molar-refractivity contribution in [1.82, 2.24) is 0 Å². The SMILES string of the molecule is CCCCC[C@H](C)SCNc1ccc([N+](=O)[O-])cc1F. The first-order chi connectivity index (χ1) is 9.54. The number of nitrogens with zero attached hydrogens (tertiary/aromatic N) is 1. The number of hydrogen-bond donors (Lipinski definition) is 1. The lowest BCUT2D eigenvalue weighted by Crippen LogP contribution is -2.05. The van der Waals surface area contributed by atoms with Gasteiger partial charge in [-0.15, -0.1) is 11.8 Å². The maximum Gasteiger partial charge on any atom is 0.272 e. The van der Waals surface area contributed by atoms with E-state index in [1.165, 1.54) is 31.4 Å². The number of benzene rings is 1. The van der Waals surface area contributed by atoms with Crippen LogP contribution < -0.4 is 5.32 Å². The third-order valence-electron chi connectivity index (χ3n) is 3.01. The molecule has 1 N–H and O–H groups in total. The average Bonchev–Trinajstić information content (AvgIpc) is 2.40. The number of unbranched alkanes of at least 4 members (excludes halogenated alkanes) is 2. The Morgan fingerprint density at radius 2 is 2.20 bits per heavy atom. The molecule has 0 amide bonds. The molecule has 0 unspecified atom stereocenters. The summed E-state index contributed by atoms with van der Waals surface area (Å²) in [5, 5.41) is 14.0. The highest BCUT2D eigenvalue weighted by Gasteiger charge is 2.10. The van der Waals surface area contributed by atoms with Crippen LogP contribution in [-0.4, -0.2) is 16.1 Å². The van der Waals surface area contributed by atoms with Crippen molar-refractivity contribution in [3.63, 3.8) is 0 Å². The van der Waals surface area contributed by atoms with Crippen LogP contribution >= 0.6 is 11.8 Å². The Morgan fingerprint density at radius 3 is 2.80 bits per heavy atom. The number of thioether (sulfide) groups is 1. The van der Waals surface area contributed by atoms with Gasteiger partial charge < -0.3 is 5.32 Å². The van der Waals surface area contributed by atoms with Crippen molar-refractivity contribution in [3.8, 4) is 0 Å². The van der Waals surface area contributed by atoms with E-state index in [2.05, 4.69) is 19.2 Å². The van der Waals surface area contributed by atoms with Gasteiger partial charge in [-0.1, -0.05) is 33.1 Å². The fourth-order valence-electron chi connectivity index (χ4n) is 1.79. The van der Waals surface area contributed by atoms with Crippen LogP contribution in [0.15, 0.2) is 18.2 Å². The summed E-state index contributed by atoms with van der Waals surface area (Å²) in [5.74, 6) is 0.0144. The summed E-state index contributed by atoms with van der Waals surface area (Å²) >= 11 is 1.73. The van der Waals surface area contributed by atoms with E-state index in [0.29, 0.717) is 16.8 Å². The molecule has 0 aliphatic rings. The van der Waals surface area contributed by atoms with Crippen LogP contribution in [0.25, 0.3) is 0 Å². The number of anilines is 1. The summed E-state index contributed by atoms with van der Waals surface area (Å²) < 4.78 is 13.6. The molecule has 0 fully saturated rings. The Morgan fingerprint density at radius 1 is 1.45 bits per heavy atom. The summed E-state index contributed by atoms with van der Waals surface area (Å²) in [6.07, 6.45) is 4.83. The fraction of sp³-hybridized carbons (Fsp3) is 0.571. The van der Waals surface area contributed by atoms with Crippen molar-refractivity contribution in [3.05, 3.63) is 34.1 Å². The molecule has 0 aliphatic carbocycles. The quantitative estimate of drug-likeness (QED) is 0.308. The molecule has 0 heterocycles. The van der Waals surface area contributed by atoms with Gasteiger partial charge in [0.15, 0.2) is 5.82 Å². The van der Waals surface area contributed by atoms with E-state index in [1.54, 1.807) is 11.8 Å². The molecule has 20 heavy (non-hydrogen) atoms. The number of nitro groups is 1. The Balaban J connectivity index is 2.36. The molecule has 6 heteroatoms. The van der Waals surface area contributed by atoms with Gasteiger partial charge in [-0.2, -0.15) is 0 Å². The van der Waals surface area contributed by atoms with Gasteiger partial charge >= 0.3 is 0 Å². The van der Waals surface area contributed by atoms with Gasteiger partial charge in [-0.05, 0) is 12.5 Å². The number of non-ortho nitro benzene ring substituents is 1. The predicted molar refractivity (Wildman–Crippen MR) is 82.7 cm³/mol. The Bertz CT molecular complexity index is 443. The maximum absolute atomic E-state index is 13.6. The minimum Gasteiger partial charge on any atom is -0.374 e. The van der Waals surface area contributed by atoms with Crippen molar-refractivity contribution in [1.29, 1.82) is 0 Å². The number of nitro benzene ring substituents is 1. The van der Waals surface area contributed by atoms with Gasteiger partial charge in [0.25, 0.3) is 5.69 Å². The van der Waals surface area contributed by atoms with Crippen molar-refractivity contribution in [2.75, 3.05) is 11.2 Å². The Hall–Kier alpha value is -1.30. The normalized spacial score (nSPS) is 12.2. The summed E-state index contributed by atoms with van der Waals surface area (Å²) in [6, 6.07) is 3.66. The highest BCUT2D eigenvalue weighted by molar-refractivity contribution is 7.99. The molecule has 0 saturated heterocycles. The number of hydrogen-bond acceptors (Lipinski definition) is 4. The number of halogens is 1. The topological polar surface area (TPSA) is 55.2 Å². The third-order valence-corrected chi connectivity index (χ3v) is 4.12. The second-order valence-electron chi connectivity index (χ2n) is 4.72. The Kier molecular flexibility index (Phi) is 7.36. The van der Waals surface area contributed by atoms with E-state index in [-0.39, 0.29) is 5.69 Å². The molecule has 1 aromatic rings. The maximum atomic E-state index is 13.6. The van der Waals surface area contributed by atoms with Crippen LogP contribution in [0.2, 0.25) is 0 Å². The molecule has 0 aromatic heterocycles. The first kappa shape index (κ1) is 16.8. The van der Waals surface area contributed by atoms with Gasteiger partial charge in [0.1, 0.15) is 0 Å². The molecule has 112 valence electrons. The van der Waals surface area contributed by atoms with E-state index in [0.717, 1.165) is 12.5 Å². The van der Waals surface area contributed by atoms with Gasteiger partial charge in [-0.25, -0.2) is 4.39 Å².